The average molecular weight is 430 g/mol. The number of nitrogens with zero attached hydrogens (tertiary/aromatic N) is 2. The number of ether oxygens (including phenoxy) is 1. The fourth-order valence-corrected chi connectivity index (χ4v) is 3.02. The molecule has 7 heteroatoms. The summed E-state index contributed by atoms with van der Waals surface area (Å²) in [5.41, 5.74) is 1.50. The highest BCUT2D eigenvalue weighted by molar-refractivity contribution is 6.31. The number of carbonyl (C=O) groups excluding carboxylic acids is 1. The Morgan fingerprint density at radius 1 is 1.00 bits per heavy atom. The van der Waals surface area contributed by atoms with E-state index in [0.717, 1.165) is 11.1 Å². The smallest absolute Gasteiger partial charge is 0.271 e. The van der Waals surface area contributed by atoms with Gasteiger partial charge in [-0.25, -0.2) is 9.97 Å². The SMILES string of the molecule is CC(C)(C)NC(=O)c1cnc(OC(c2ccc(Cl)cc2)c2ccccc2Cl)cn1. The minimum atomic E-state index is -0.510. The number of hydrogen-bond donors (Lipinski definition) is 1. The Balaban J connectivity index is 1.87. The van der Waals surface area contributed by atoms with Crippen LogP contribution in [0.3, 0.4) is 0 Å². The normalized spacial score (nSPS) is 12.3. The van der Waals surface area contributed by atoms with Crippen molar-refractivity contribution < 1.29 is 9.53 Å². The predicted octanol–water partition coefficient (Wildman–Crippen LogP) is 5.48. The fraction of sp³-hybridized carbons (Fsp3) is 0.227. The van der Waals surface area contributed by atoms with E-state index >= 15 is 0 Å². The summed E-state index contributed by atoms with van der Waals surface area (Å²) in [5.74, 6) is -0.0194. The van der Waals surface area contributed by atoms with Crippen molar-refractivity contribution in [3.8, 4) is 5.88 Å². The second kappa shape index (κ2) is 8.80. The number of carbonyl (C=O) groups is 1. The van der Waals surface area contributed by atoms with Crippen LogP contribution in [0.15, 0.2) is 60.9 Å². The molecule has 2 aromatic carbocycles. The van der Waals surface area contributed by atoms with Crippen LogP contribution in [0, 0.1) is 0 Å². The molecule has 1 amide bonds. The summed E-state index contributed by atoms with van der Waals surface area (Å²) in [6.45, 7) is 5.70. The summed E-state index contributed by atoms with van der Waals surface area (Å²) in [6.07, 6.45) is 2.31. The molecule has 1 unspecified atom stereocenters. The Labute approximate surface area is 180 Å². The van der Waals surface area contributed by atoms with Gasteiger partial charge in [-0.1, -0.05) is 53.5 Å². The molecule has 0 aliphatic carbocycles. The molecule has 5 nitrogen and oxygen atoms in total. The summed E-state index contributed by atoms with van der Waals surface area (Å²) >= 11 is 12.4. The molecule has 0 spiro atoms. The van der Waals surface area contributed by atoms with Crippen LogP contribution in [0.4, 0.5) is 0 Å². The van der Waals surface area contributed by atoms with Gasteiger partial charge < -0.3 is 10.1 Å². The van der Waals surface area contributed by atoms with Crippen LogP contribution in [0.25, 0.3) is 0 Å². The van der Waals surface area contributed by atoms with Crippen molar-refractivity contribution in [3.63, 3.8) is 0 Å². The summed E-state index contributed by atoms with van der Waals surface area (Å²) in [6, 6.07) is 14.7. The molecule has 1 atom stereocenters. The first kappa shape index (κ1) is 21.1. The van der Waals surface area contributed by atoms with Crippen LogP contribution in [0.5, 0.6) is 5.88 Å². The minimum absolute atomic E-state index is 0.216. The largest absolute Gasteiger partial charge is 0.463 e. The number of halogens is 2. The third kappa shape index (κ3) is 5.68. The zero-order valence-corrected chi connectivity index (χ0v) is 17.8. The van der Waals surface area contributed by atoms with Gasteiger partial charge in [0.25, 0.3) is 5.91 Å². The molecule has 0 aliphatic rings. The maximum absolute atomic E-state index is 12.2. The van der Waals surface area contributed by atoms with Crippen molar-refractivity contribution in [2.24, 2.45) is 0 Å². The second-order valence-electron chi connectivity index (χ2n) is 7.51. The molecule has 150 valence electrons. The van der Waals surface area contributed by atoms with Crippen molar-refractivity contribution in [1.29, 1.82) is 0 Å². The van der Waals surface area contributed by atoms with Crippen LogP contribution in [-0.4, -0.2) is 21.4 Å². The van der Waals surface area contributed by atoms with E-state index in [0.29, 0.717) is 10.0 Å². The molecule has 0 fully saturated rings. The monoisotopic (exact) mass is 429 g/mol. The van der Waals surface area contributed by atoms with E-state index in [9.17, 15) is 4.79 Å². The average Bonchev–Trinajstić information content (AvgIpc) is 2.67. The van der Waals surface area contributed by atoms with Gasteiger partial charge >= 0.3 is 0 Å². The second-order valence-corrected chi connectivity index (χ2v) is 8.36. The molecule has 1 aromatic heterocycles. The molecule has 3 rings (SSSR count). The number of rotatable bonds is 5. The van der Waals surface area contributed by atoms with E-state index < -0.39 is 6.10 Å². The summed E-state index contributed by atoms with van der Waals surface area (Å²) < 4.78 is 6.11. The van der Waals surface area contributed by atoms with Gasteiger partial charge in [-0.15, -0.1) is 0 Å². The summed E-state index contributed by atoms with van der Waals surface area (Å²) in [7, 11) is 0. The lowest BCUT2D eigenvalue weighted by Crippen LogP contribution is -2.40. The van der Waals surface area contributed by atoms with E-state index in [1.807, 2.05) is 51.1 Å². The Hall–Kier alpha value is -2.63. The zero-order valence-electron chi connectivity index (χ0n) is 16.3. The van der Waals surface area contributed by atoms with Gasteiger partial charge in [0.05, 0.1) is 12.4 Å². The van der Waals surface area contributed by atoms with Crippen LogP contribution in [0.2, 0.25) is 10.0 Å². The Kier molecular flexibility index (Phi) is 6.40. The molecular weight excluding hydrogens is 409 g/mol. The maximum atomic E-state index is 12.2. The van der Waals surface area contributed by atoms with Crippen molar-refractivity contribution in [2.75, 3.05) is 0 Å². The van der Waals surface area contributed by atoms with Crippen LogP contribution in [-0.2, 0) is 0 Å². The number of hydrogen-bond acceptors (Lipinski definition) is 4. The van der Waals surface area contributed by atoms with Crippen molar-refractivity contribution in [1.82, 2.24) is 15.3 Å². The minimum Gasteiger partial charge on any atom is -0.463 e. The van der Waals surface area contributed by atoms with Gasteiger partial charge in [-0.2, -0.15) is 0 Å². The lowest BCUT2D eigenvalue weighted by atomic mass is 10.0. The number of nitrogens with one attached hydrogen (secondary N) is 1. The van der Waals surface area contributed by atoms with Crippen LogP contribution >= 0.6 is 23.2 Å². The molecule has 29 heavy (non-hydrogen) atoms. The van der Waals surface area contributed by atoms with E-state index in [2.05, 4.69) is 15.3 Å². The first-order valence-electron chi connectivity index (χ1n) is 9.04. The highest BCUT2D eigenvalue weighted by Gasteiger charge is 2.21. The standard InChI is InChI=1S/C22H21Cl2N3O2/c1-22(2,3)27-21(28)18-12-26-19(13-25-18)29-20(14-8-10-15(23)11-9-14)16-6-4-5-7-17(16)24/h4-13,20H,1-3H3,(H,27,28). The number of aromatic nitrogens is 2. The third-order valence-electron chi connectivity index (χ3n) is 3.95. The first-order chi connectivity index (χ1) is 13.7. The lowest BCUT2D eigenvalue weighted by Gasteiger charge is -2.21. The maximum Gasteiger partial charge on any atom is 0.271 e. The molecular formula is C22H21Cl2N3O2. The van der Waals surface area contributed by atoms with Crippen molar-refractivity contribution >= 4 is 29.1 Å². The van der Waals surface area contributed by atoms with Crippen LogP contribution < -0.4 is 10.1 Å². The molecule has 3 aromatic rings. The highest BCUT2D eigenvalue weighted by Crippen LogP contribution is 2.32. The van der Waals surface area contributed by atoms with E-state index in [1.54, 1.807) is 18.2 Å². The van der Waals surface area contributed by atoms with Gasteiger partial charge in [-0.05, 0) is 44.5 Å². The zero-order chi connectivity index (χ0) is 21.0. The number of benzene rings is 2. The number of amides is 1. The van der Waals surface area contributed by atoms with E-state index in [4.69, 9.17) is 27.9 Å². The first-order valence-corrected chi connectivity index (χ1v) is 9.79. The topological polar surface area (TPSA) is 64.1 Å². The Morgan fingerprint density at radius 2 is 1.69 bits per heavy atom. The molecule has 0 saturated heterocycles. The van der Waals surface area contributed by atoms with Gasteiger partial charge in [0.1, 0.15) is 5.69 Å². The Morgan fingerprint density at radius 3 is 2.28 bits per heavy atom. The molecule has 0 bridgehead atoms. The van der Waals surface area contributed by atoms with Gasteiger partial charge in [0.2, 0.25) is 5.88 Å². The van der Waals surface area contributed by atoms with Gasteiger partial charge in [-0.3, -0.25) is 4.79 Å². The van der Waals surface area contributed by atoms with Gasteiger partial charge in [0.15, 0.2) is 6.10 Å². The molecule has 0 saturated carbocycles. The van der Waals surface area contributed by atoms with E-state index in [1.165, 1.54) is 12.4 Å². The molecule has 0 aliphatic heterocycles. The predicted molar refractivity (Wildman–Crippen MR) is 115 cm³/mol. The van der Waals surface area contributed by atoms with Gasteiger partial charge in [0, 0.05) is 21.1 Å². The third-order valence-corrected chi connectivity index (χ3v) is 4.54. The van der Waals surface area contributed by atoms with Crippen LogP contribution in [0.1, 0.15) is 48.5 Å². The lowest BCUT2D eigenvalue weighted by molar-refractivity contribution is 0.0913. The molecule has 1 N–H and O–H groups in total. The molecule has 0 radical (unpaired) electrons. The molecule has 1 heterocycles. The van der Waals surface area contributed by atoms with Crippen molar-refractivity contribution in [2.45, 2.75) is 32.4 Å². The van der Waals surface area contributed by atoms with Crippen molar-refractivity contribution in [3.05, 3.63) is 87.8 Å². The summed E-state index contributed by atoms with van der Waals surface area (Å²) in [5, 5.41) is 4.04. The fourth-order valence-electron chi connectivity index (χ4n) is 2.66. The summed E-state index contributed by atoms with van der Waals surface area (Å²) in [4.78, 5) is 20.7. The highest BCUT2D eigenvalue weighted by atomic mass is 35.5. The Bertz CT molecular complexity index is 984. The van der Waals surface area contributed by atoms with E-state index in [-0.39, 0.29) is 23.0 Å². The quantitative estimate of drug-likeness (QED) is 0.582.